The van der Waals surface area contributed by atoms with Gasteiger partial charge in [-0.3, -0.25) is 0 Å². The summed E-state index contributed by atoms with van der Waals surface area (Å²) in [5.41, 5.74) is 0. The number of aromatic nitrogens is 3. The number of thioether (sulfide) groups is 1. The average Bonchev–Trinajstić information content (AvgIpc) is 2.10. The van der Waals surface area contributed by atoms with E-state index in [-0.39, 0.29) is 10.0 Å². The third-order valence-electron chi connectivity index (χ3n) is 1.40. The fourth-order valence-corrected chi connectivity index (χ4v) is 1.90. The van der Waals surface area contributed by atoms with E-state index in [4.69, 9.17) is 16.3 Å². The molecule has 6 heteroatoms. The Morgan fingerprint density at radius 2 is 1.94 bits per heavy atom. The summed E-state index contributed by atoms with van der Waals surface area (Å²) in [6, 6.07) is 0.300. The van der Waals surface area contributed by atoms with Crippen LogP contribution in [0.1, 0.15) is 34.1 Å². The second kappa shape index (κ2) is 5.68. The highest BCUT2D eigenvalue weighted by atomic mass is 35.5. The lowest BCUT2D eigenvalue weighted by Gasteiger charge is -2.15. The summed E-state index contributed by atoms with van der Waals surface area (Å²) < 4.78 is 5.37. The molecule has 0 aliphatic carbocycles. The molecule has 0 aromatic carbocycles. The summed E-state index contributed by atoms with van der Waals surface area (Å²) in [7, 11) is 0. The van der Waals surface area contributed by atoms with E-state index in [0.717, 1.165) is 6.42 Å². The summed E-state index contributed by atoms with van der Waals surface area (Å²) in [5, 5.41) is 0.770. The predicted molar refractivity (Wildman–Crippen MR) is 66.2 cm³/mol. The van der Waals surface area contributed by atoms with Crippen molar-refractivity contribution in [1.82, 2.24) is 15.0 Å². The summed E-state index contributed by atoms with van der Waals surface area (Å²) in [6.07, 6.45) is 0.908. The maximum atomic E-state index is 5.80. The molecular formula is C10H16ClN3OS. The molecule has 0 atom stereocenters. The van der Waals surface area contributed by atoms with Gasteiger partial charge >= 0.3 is 6.01 Å². The number of rotatable bonds is 4. The molecule has 1 aromatic rings. The van der Waals surface area contributed by atoms with Crippen LogP contribution in [-0.4, -0.2) is 26.3 Å². The van der Waals surface area contributed by atoms with Crippen LogP contribution < -0.4 is 4.74 Å². The van der Waals surface area contributed by atoms with E-state index in [1.54, 1.807) is 0 Å². The molecule has 0 radical (unpaired) electrons. The smallest absolute Gasteiger partial charge is 0.321 e. The molecule has 0 fully saturated rings. The molecule has 0 aliphatic rings. The average molecular weight is 262 g/mol. The maximum absolute atomic E-state index is 5.80. The quantitative estimate of drug-likeness (QED) is 0.779. The topological polar surface area (TPSA) is 47.9 Å². The van der Waals surface area contributed by atoms with Crippen molar-refractivity contribution >= 4 is 23.4 Å². The predicted octanol–water partition coefficient (Wildman–Crippen LogP) is 3.20. The molecule has 0 amide bonds. The van der Waals surface area contributed by atoms with Crippen molar-refractivity contribution in [1.29, 1.82) is 0 Å². The Morgan fingerprint density at radius 1 is 1.25 bits per heavy atom. The second-order valence-corrected chi connectivity index (χ2v) is 6.36. The van der Waals surface area contributed by atoms with Gasteiger partial charge in [-0.25, -0.2) is 0 Å². The van der Waals surface area contributed by atoms with Gasteiger partial charge in [0.05, 0.1) is 6.61 Å². The van der Waals surface area contributed by atoms with Crippen LogP contribution in [0.5, 0.6) is 6.01 Å². The van der Waals surface area contributed by atoms with Crippen LogP contribution in [0.15, 0.2) is 5.16 Å². The molecule has 0 spiro atoms. The molecular weight excluding hydrogens is 246 g/mol. The van der Waals surface area contributed by atoms with Crippen molar-refractivity contribution in [2.75, 3.05) is 6.61 Å². The summed E-state index contributed by atoms with van der Waals surface area (Å²) in [4.78, 5) is 12.2. The van der Waals surface area contributed by atoms with Gasteiger partial charge in [-0.15, -0.1) is 0 Å². The lowest BCUT2D eigenvalue weighted by molar-refractivity contribution is 0.288. The molecule has 0 saturated carbocycles. The molecule has 0 unspecified atom stereocenters. The molecule has 0 bridgehead atoms. The second-order valence-electron chi connectivity index (χ2n) is 4.23. The zero-order valence-corrected chi connectivity index (χ0v) is 11.5. The van der Waals surface area contributed by atoms with E-state index < -0.39 is 0 Å². The normalized spacial score (nSPS) is 11.6. The van der Waals surface area contributed by atoms with Crippen molar-refractivity contribution in [3.05, 3.63) is 5.28 Å². The number of hydrogen-bond donors (Lipinski definition) is 0. The minimum absolute atomic E-state index is 0.0344. The fourth-order valence-electron chi connectivity index (χ4n) is 0.892. The van der Waals surface area contributed by atoms with E-state index in [1.165, 1.54) is 11.8 Å². The van der Waals surface area contributed by atoms with Crippen LogP contribution in [0.2, 0.25) is 5.28 Å². The maximum Gasteiger partial charge on any atom is 0.321 e. The Bertz CT molecular complexity index is 354. The Labute approximate surface area is 105 Å². The van der Waals surface area contributed by atoms with Gasteiger partial charge in [0.15, 0.2) is 5.16 Å². The molecule has 1 aromatic heterocycles. The first-order chi connectivity index (χ1) is 7.40. The van der Waals surface area contributed by atoms with Gasteiger partial charge in [0.1, 0.15) is 0 Å². The number of nitrogens with zero attached hydrogens (tertiary/aromatic N) is 3. The molecule has 0 aliphatic heterocycles. The van der Waals surface area contributed by atoms with E-state index in [1.807, 2.05) is 6.92 Å². The summed E-state index contributed by atoms with van der Waals surface area (Å²) >= 11 is 7.34. The Kier molecular flexibility index (Phi) is 4.80. The molecule has 4 nitrogen and oxygen atoms in total. The third-order valence-corrected chi connectivity index (χ3v) is 2.55. The number of halogens is 1. The summed E-state index contributed by atoms with van der Waals surface area (Å²) in [6.45, 7) is 8.86. The van der Waals surface area contributed by atoms with Crippen molar-refractivity contribution in [3.63, 3.8) is 0 Å². The molecule has 16 heavy (non-hydrogen) atoms. The van der Waals surface area contributed by atoms with Crippen LogP contribution in [0.4, 0.5) is 0 Å². The van der Waals surface area contributed by atoms with Crippen molar-refractivity contribution in [2.24, 2.45) is 0 Å². The minimum atomic E-state index is 0.0344. The van der Waals surface area contributed by atoms with E-state index in [9.17, 15) is 0 Å². The third kappa shape index (κ3) is 4.99. The van der Waals surface area contributed by atoms with E-state index >= 15 is 0 Å². The number of hydrogen-bond acceptors (Lipinski definition) is 5. The van der Waals surface area contributed by atoms with Crippen LogP contribution >= 0.6 is 23.4 Å². The van der Waals surface area contributed by atoms with E-state index in [2.05, 4.69) is 35.7 Å². The van der Waals surface area contributed by atoms with Crippen molar-refractivity contribution < 1.29 is 4.74 Å². The number of ether oxygens (including phenoxy) is 1. The first kappa shape index (κ1) is 13.5. The van der Waals surface area contributed by atoms with Gasteiger partial charge in [0, 0.05) is 4.75 Å². The molecule has 0 N–H and O–H groups in total. The fraction of sp³-hybridized carbons (Fsp3) is 0.700. The SMILES string of the molecule is CCCOc1nc(Cl)nc(SC(C)(C)C)n1. The van der Waals surface area contributed by atoms with Gasteiger partial charge in [0.2, 0.25) is 5.28 Å². The minimum Gasteiger partial charge on any atom is -0.463 e. The van der Waals surface area contributed by atoms with Gasteiger partial charge in [-0.2, -0.15) is 15.0 Å². The van der Waals surface area contributed by atoms with Crippen LogP contribution in [0.25, 0.3) is 0 Å². The highest BCUT2D eigenvalue weighted by molar-refractivity contribution is 8.00. The van der Waals surface area contributed by atoms with Crippen LogP contribution in [0, 0.1) is 0 Å². The first-order valence-corrected chi connectivity index (χ1v) is 6.33. The lowest BCUT2D eigenvalue weighted by atomic mass is 10.3. The molecule has 90 valence electrons. The van der Waals surface area contributed by atoms with Gasteiger partial charge < -0.3 is 4.74 Å². The largest absolute Gasteiger partial charge is 0.463 e. The van der Waals surface area contributed by atoms with Gasteiger partial charge in [-0.1, -0.05) is 39.5 Å². The van der Waals surface area contributed by atoms with Crippen LogP contribution in [0.3, 0.4) is 0 Å². The van der Waals surface area contributed by atoms with Gasteiger partial charge in [-0.05, 0) is 18.0 Å². The highest BCUT2D eigenvalue weighted by Gasteiger charge is 2.16. The zero-order chi connectivity index (χ0) is 12.2. The Hall–Kier alpha value is -0.550. The Balaban J connectivity index is 2.81. The van der Waals surface area contributed by atoms with Crippen molar-refractivity contribution in [3.8, 4) is 6.01 Å². The molecule has 1 heterocycles. The lowest BCUT2D eigenvalue weighted by Crippen LogP contribution is -2.09. The first-order valence-electron chi connectivity index (χ1n) is 5.14. The summed E-state index contributed by atoms with van der Waals surface area (Å²) in [5.74, 6) is 0. The van der Waals surface area contributed by atoms with Crippen molar-refractivity contribution in [2.45, 2.75) is 44.0 Å². The molecule has 0 saturated heterocycles. The highest BCUT2D eigenvalue weighted by Crippen LogP contribution is 2.30. The standard InChI is InChI=1S/C10H16ClN3OS/c1-5-6-15-8-12-7(11)13-9(14-8)16-10(2,3)4/h5-6H2,1-4H3. The van der Waals surface area contributed by atoms with E-state index in [0.29, 0.717) is 17.8 Å². The molecule has 1 rings (SSSR count). The Morgan fingerprint density at radius 3 is 2.50 bits per heavy atom. The zero-order valence-electron chi connectivity index (χ0n) is 9.95. The van der Waals surface area contributed by atoms with Crippen LogP contribution in [-0.2, 0) is 0 Å². The monoisotopic (exact) mass is 261 g/mol. The van der Waals surface area contributed by atoms with Gasteiger partial charge in [0.25, 0.3) is 0 Å².